The summed E-state index contributed by atoms with van der Waals surface area (Å²) in [5, 5.41) is 8.65. The summed E-state index contributed by atoms with van der Waals surface area (Å²) in [6.07, 6.45) is 8.68. The number of nitrogens with zero attached hydrogens (tertiary/aromatic N) is 2. The van der Waals surface area contributed by atoms with E-state index in [4.69, 9.17) is 5.11 Å². The van der Waals surface area contributed by atoms with Crippen LogP contribution in [-0.2, 0) is 0 Å². The molecular formula is C11H10N2OS. The van der Waals surface area contributed by atoms with Crippen LogP contribution in [0, 0.1) is 0 Å². The van der Waals surface area contributed by atoms with E-state index in [9.17, 15) is 0 Å². The van der Waals surface area contributed by atoms with Crippen molar-refractivity contribution in [2.24, 2.45) is 0 Å². The summed E-state index contributed by atoms with van der Waals surface area (Å²) < 4.78 is 0. The highest BCUT2D eigenvalue weighted by molar-refractivity contribution is 7.16. The lowest BCUT2D eigenvalue weighted by molar-refractivity contribution is 0.343. The van der Waals surface area contributed by atoms with Gasteiger partial charge in [0.2, 0.25) is 0 Å². The smallest absolute Gasteiger partial charge is 0.0984 e. The molecule has 2 rings (SSSR count). The van der Waals surface area contributed by atoms with Crippen LogP contribution in [0.15, 0.2) is 36.8 Å². The molecule has 1 N–H and O–H groups in total. The highest BCUT2D eigenvalue weighted by Gasteiger charge is 2.01. The maximum Gasteiger partial charge on any atom is 0.0984 e. The average molecular weight is 218 g/mol. The zero-order valence-electron chi connectivity index (χ0n) is 8.00. The number of aromatic nitrogens is 2. The highest BCUT2D eigenvalue weighted by atomic mass is 32.1. The third kappa shape index (κ3) is 2.49. The Morgan fingerprint density at radius 2 is 2.27 bits per heavy atom. The minimum Gasteiger partial charge on any atom is -0.392 e. The fourth-order valence-corrected chi connectivity index (χ4v) is 2.08. The van der Waals surface area contributed by atoms with Crippen LogP contribution in [0.5, 0.6) is 0 Å². The van der Waals surface area contributed by atoms with Crippen LogP contribution in [0.25, 0.3) is 16.6 Å². The quantitative estimate of drug-likeness (QED) is 0.859. The Morgan fingerprint density at radius 1 is 1.33 bits per heavy atom. The van der Waals surface area contributed by atoms with Crippen LogP contribution < -0.4 is 0 Å². The van der Waals surface area contributed by atoms with E-state index in [1.54, 1.807) is 36.0 Å². The van der Waals surface area contributed by atoms with E-state index in [2.05, 4.69) is 9.97 Å². The van der Waals surface area contributed by atoms with Crippen molar-refractivity contribution < 1.29 is 5.11 Å². The van der Waals surface area contributed by atoms with E-state index in [0.717, 1.165) is 15.4 Å². The number of hydrogen-bond donors (Lipinski definition) is 1. The number of rotatable bonds is 3. The Bertz CT molecular complexity index is 451. The standard InChI is InChI=1S/C11H10N2OS/c14-7-1-2-9-3-4-11(15-9)10-8-12-5-6-13-10/h1-6,8,14H,7H2/b2-1+. The topological polar surface area (TPSA) is 46.0 Å². The third-order valence-corrected chi connectivity index (χ3v) is 2.90. The Morgan fingerprint density at radius 3 is 3.00 bits per heavy atom. The Balaban J connectivity index is 2.24. The first kappa shape index (κ1) is 10.0. The van der Waals surface area contributed by atoms with E-state index >= 15 is 0 Å². The van der Waals surface area contributed by atoms with Gasteiger partial charge in [-0.1, -0.05) is 6.08 Å². The van der Waals surface area contributed by atoms with Gasteiger partial charge in [0, 0.05) is 17.3 Å². The number of aliphatic hydroxyl groups excluding tert-OH is 1. The normalized spacial score (nSPS) is 11.0. The summed E-state index contributed by atoms with van der Waals surface area (Å²) in [4.78, 5) is 10.4. The van der Waals surface area contributed by atoms with Gasteiger partial charge in [-0.05, 0) is 18.2 Å². The molecule has 2 heterocycles. The molecule has 0 saturated heterocycles. The molecule has 0 saturated carbocycles. The monoisotopic (exact) mass is 218 g/mol. The number of aliphatic hydroxyl groups is 1. The van der Waals surface area contributed by atoms with E-state index in [-0.39, 0.29) is 6.61 Å². The number of thiophene rings is 1. The van der Waals surface area contributed by atoms with Crippen molar-refractivity contribution in [3.05, 3.63) is 41.7 Å². The van der Waals surface area contributed by atoms with Crippen LogP contribution in [0.3, 0.4) is 0 Å². The third-order valence-electron chi connectivity index (χ3n) is 1.83. The Labute approximate surface area is 91.8 Å². The molecule has 0 fully saturated rings. The maximum atomic E-state index is 8.65. The minimum absolute atomic E-state index is 0.0678. The van der Waals surface area contributed by atoms with E-state index in [0.29, 0.717) is 0 Å². The first-order valence-corrected chi connectivity index (χ1v) is 5.35. The molecule has 0 radical (unpaired) electrons. The largest absolute Gasteiger partial charge is 0.392 e. The molecule has 0 aliphatic heterocycles. The van der Waals surface area contributed by atoms with E-state index in [1.165, 1.54) is 0 Å². The van der Waals surface area contributed by atoms with Gasteiger partial charge in [-0.3, -0.25) is 9.97 Å². The average Bonchev–Trinajstić information content (AvgIpc) is 2.76. The van der Waals surface area contributed by atoms with Gasteiger partial charge >= 0.3 is 0 Å². The van der Waals surface area contributed by atoms with E-state index < -0.39 is 0 Å². The van der Waals surface area contributed by atoms with Gasteiger partial charge in [0.1, 0.15) is 0 Å². The van der Waals surface area contributed by atoms with Gasteiger partial charge in [-0.2, -0.15) is 0 Å². The lowest BCUT2D eigenvalue weighted by Crippen LogP contribution is -1.79. The van der Waals surface area contributed by atoms with Gasteiger partial charge in [0.05, 0.1) is 23.4 Å². The predicted octanol–water partition coefficient (Wildman–Crippen LogP) is 2.21. The van der Waals surface area contributed by atoms with E-state index in [1.807, 2.05) is 18.2 Å². The Hall–Kier alpha value is -1.52. The molecule has 3 nitrogen and oxygen atoms in total. The van der Waals surface area contributed by atoms with Gasteiger partial charge in [0.25, 0.3) is 0 Å². The van der Waals surface area contributed by atoms with Gasteiger partial charge in [0.15, 0.2) is 0 Å². The minimum atomic E-state index is 0.0678. The highest BCUT2D eigenvalue weighted by Crippen LogP contribution is 2.26. The first-order chi connectivity index (χ1) is 7.40. The molecule has 0 unspecified atom stereocenters. The predicted molar refractivity (Wildman–Crippen MR) is 61.5 cm³/mol. The summed E-state index contributed by atoms with van der Waals surface area (Å²) in [5.74, 6) is 0. The molecule has 0 aliphatic carbocycles. The molecule has 2 aromatic rings. The maximum absolute atomic E-state index is 8.65. The first-order valence-electron chi connectivity index (χ1n) is 4.54. The summed E-state index contributed by atoms with van der Waals surface area (Å²) in [5.41, 5.74) is 0.881. The lowest BCUT2D eigenvalue weighted by atomic mass is 10.3. The van der Waals surface area contributed by atoms with Crippen molar-refractivity contribution in [3.8, 4) is 10.6 Å². The molecule has 4 heteroatoms. The Kier molecular flexibility index (Phi) is 3.22. The molecule has 0 atom stereocenters. The second-order valence-corrected chi connectivity index (χ2v) is 3.99. The second kappa shape index (κ2) is 4.82. The lowest BCUT2D eigenvalue weighted by Gasteiger charge is -1.92. The molecular weight excluding hydrogens is 208 g/mol. The molecule has 0 aliphatic rings. The summed E-state index contributed by atoms with van der Waals surface area (Å²) in [6.45, 7) is 0.0678. The van der Waals surface area contributed by atoms with Gasteiger partial charge in [-0.15, -0.1) is 11.3 Å². The molecule has 0 aromatic carbocycles. The van der Waals surface area contributed by atoms with Gasteiger partial charge in [-0.25, -0.2) is 0 Å². The van der Waals surface area contributed by atoms with Crippen molar-refractivity contribution in [2.45, 2.75) is 0 Å². The molecule has 0 bridgehead atoms. The zero-order valence-corrected chi connectivity index (χ0v) is 8.81. The SMILES string of the molecule is OC/C=C/c1ccc(-c2cnccn2)s1. The van der Waals surface area contributed by atoms with Crippen LogP contribution in [-0.4, -0.2) is 21.7 Å². The molecule has 76 valence electrons. The van der Waals surface area contributed by atoms with Crippen LogP contribution in [0.1, 0.15) is 4.88 Å². The summed E-state index contributed by atoms with van der Waals surface area (Å²) in [7, 11) is 0. The van der Waals surface area contributed by atoms with Crippen LogP contribution in [0.4, 0.5) is 0 Å². The summed E-state index contributed by atoms with van der Waals surface area (Å²) in [6, 6.07) is 4.01. The van der Waals surface area contributed by atoms with Gasteiger partial charge < -0.3 is 5.11 Å². The molecule has 15 heavy (non-hydrogen) atoms. The summed E-state index contributed by atoms with van der Waals surface area (Å²) >= 11 is 1.63. The number of hydrogen-bond acceptors (Lipinski definition) is 4. The fourth-order valence-electron chi connectivity index (χ4n) is 1.18. The van der Waals surface area contributed by atoms with Crippen molar-refractivity contribution in [2.75, 3.05) is 6.61 Å². The fraction of sp³-hybridized carbons (Fsp3) is 0.0909. The molecule has 2 aromatic heterocycles. The van der Waals surface area contributed by atoms with Crippen molar-refractivity contribution in [1.82, 2.24) is 9.97 Å². The zero-order chi connectivity index (χ0) is 10.5. The van der Waals surface area contributed by atoms with Crippen molar-refractivity contribution in [3.63, 3.8) is 0 Å². The van der Waals surface area contributed by atoms with Crippen LogP contribution >= 0.6 is 11.3 Å². The second-order valence-electron chi connectivity index (χ2n) is 2.88. The van der Waals surface area contributed by atoms with Crippen molar-refractivity contribution >= 4 is 17.4 Å². The van der Waals surface area contributed by atoms with Crippen molar-refractivity contribution in [1.29, 1.82) is 0 Å². The molecule has 0 spiro atoms. The molecule has 0 amide bonds. The van der Waals surface area contributed by atoms with Crippen LogP contribution in [0.2, 0.25) is 0 Å².